The molecular weight excluding hydrogens is 234 g/mol. The van der Waals surface area contributed by atoms with Gasteiger partial charge in [0.15, 0.2) is 0 Å². The molecule has 0 radical (unpaired) electrons. The van der Waals surface area contributed by atoms with Crippen LogP contribution in [0.15, 0.2) is 18.2 Å². The Kier molecular flexibility index (Phi) is 4.58. The maximum atomic E-state index is 4.62. The molecule has 19 heavy (non-hydrogen) atoms. The second kappa shape index (κ2) is 6.02. The van der Waals surface area contributed by atoms with Crippen molar-refractivity contribution >= 4 is 0 Å². The van der Waals surface area contributed by atoms with Crippen LogP contribution >= 0.6 is 0 Å². The number of aryl methyl sites for hydroxylation is 1. The minimum atomic E-state index is 0.204. The molecule has 2 rings (SSSR count). The van der Waals surface area contributed by atoms with Crippen molar-refractivity contribution in [1.29, 1.82) is 0 Å². The van der Waals surface area contributed by atoms with E-state index in [4.69, 9.17) is 0 Å². The summed E-state index contributed by atoms with van der Waals surface area (Å²) in [6, 6.07) is 6.96. The molecule has 1 saturated heterocycles. The molecule has 1 atom stereocenters. The molecule has 2 heterocycles. The van der Waals surface area contributed by atoms with Gasteiger partial charge in [0.05, 0.1) is 5.69 Å². The molecule has 1 N–H and O–H groups in total. The first kappa shape index (κ1) is 14.5. The third kappa shape index (κ3) is 4.59. The lowest BCUT2D eigenvalue weighted by molar-refractivity contribution is 0.223. The first-order valence-corrected chi connectivity index (χ1v) is 7.36. The number of aromatic nitrogens is 1. The van der Waals surface area contributed by atoms with E-state index in [1.54, 1.807) is 0 Å². The standard InChI is InChI=1S/C16H27N3/c1-13-7-5-8-14(18-13)12-19-10-6-9-15(19)11-17-16(2,3)4/h5,7-8,15,17H,6,9-12H2,1-4H3. The summed E-state index contributed by atoms with van der Waals surface area (Å²) in [5.41, 5.74) is 2.51. The summed E-state index contributed by atoms with van der Waals surface area (Å²) in [7, 11) is 0. The average Bonchev–Trinajstić information content (AvgIpc) is 2.73. The second-order valence-corrected chi connectivity index (χ2v) is 6.67. The Hall–Kier alpha value is -0.930. The quantitative estimate of drug-likeness (QED) is 0.903. The van der Waals surface area contributed by atoms with Crippen LogP contribution in [0.5, 0.6) is 0 Å². The molecule has 0 aromatic carbocycles. The van der Waals surface area contributed by atoms with E-state index in [-0.39, 0.29) is 5.54 Å². The highest BCUT2D eigenvalue weighted by atomic mass is 15.2. The summed E-state index contributed by atoms with van der Waals surface area (Å²) < 4.78 is 0. The minimum Gasteiger partial charge on any atom is -0.311 e. The van der Waals surface area contributed by atoms with Crippen molar-refractivity contribution in [1.82, 2.24) is 15.2 Å². The summed E-state index contributed by atoms with van der Waals surface area (Å²) in [5, 5.41) is 3.63. The van der Waals surface area contributed by atoms with Crippen LogP contribution in [0.1, 0.15) is 45.0 Å². The van der Waals surface area contributed by atoms with Gasteiger partial charge in [-0.1, -0.05) is 6.07 Å². The van der Waals surface area contributed by atoms with E-state index >= 15 is 0 Å². The Balaban J connectivity index is 1.92. The maximum absolute atomic E-state index is 4.62. The van der Waals surface area contributed by atoms with Crippen LogP contribution in [0, 0.1) is 6.92 Å². The van der Waals surface area contributed by atoms with Crippen molar-refractivity contribution in [3.05, 3.63) is 29.6 Å². The predicted molar refractivity (Wildman–Crippen MR) is 80.2 cm³/mol. The molecule has 3 nitrogen and oxygen atoms in total. The van der Waals surface area contributed by atoms with E-state index < -0.39 is 0 Å². The topological polar surface area (TPSA) is 28.2 Å². The largest absolute Gasteiger partial charge is 0.311 e. The van der Waals surface area contributed by atoms with Crippen molar-refractivity contribution in [2.75, 3.05) is 13.1 Å². The fraction of sp³-hybridized carbons (Fsp3) is 0.688. The lowest BCUT2D eigenvalue weighted by Gasteiger charge is -2.28. The van der Waals surface area contributed by atoms with Crippen LogP contribution in [0.3, 0.4) is 0 Å². The monoisotopic (exact) mass is 261 g/mol. The van der Waals surface area contributed by atoms with Crippen molar-refractivity contribution in [3.8, 4) is 0 Å². The first-order chi connectivity index (χ1) is 8.94. The van der Waals surface area contributed by atoms with E-state index in [1.165, 1.54) is 25.1 Å². The fourth-order valence-corrected chi connectivity index (χ4v) is 2.65. The van der Waals surface area contributed by atoms with E-state index in [9.17, 15) is 0 Å². The summed E-state index contributed by atoms with van der Waals surface area (Å²) in [4.78, 5) is 7.19. The van der Waals surface area contributed by atoms with Gasteiger partial charge in [0, 0.05) is 30.4 Å². The van der Waals surface area contributed by atoms with Gasteiger partial charge in [-0.15, -0.1) is 0 Å². The molecule has 1 aliphatic heterocycles. The molecule has 0 aliphatic carbocycles. The third-order valence-electron chi connectivity index (χ3n) is 3.68. The Labute approximate surface area is 117 Å². The minimum absolute atomic E-state index is 0.204. The lowest BCUT2D eigenvalue weighted by Crippen LogP contribution is -2.45. The number of nitrogens with zero attached hydrogens (tertiary/aromatic N) is 2. The number of hydrogen-bond acceptors (Lipinski definition) is 3. The van der Waals surface area contributed by atoms with Crippen LogP contribution in [0.25, 0.3) is 0 Å². The third-order valence-corrected chi connectivity index (χ3v) is 3.68. The summed E-state index contributed by atoms with van der Waals surface area (Å²) in [6.45, 7) is 12.0. The molecule has 0 spiro atoms. The molecule has 1 aromatic rings. The Bertz CT molecular complexity index is 409. The van der Waals surface area contributed by atoms with Crippen LogP contribution in [0.2, 0.25) is 0 Å². The molecule has 1 aromatic heterocycles. The highest BCUT2D eigenvalue weighted by molar-refractivity contribution is 5.10. The zero-order chi connectivity index (χ0) is 13.9. The van der Waals surface area contributed by atoms with Gasteiger partial charge in [-0.2, -0.15) is 0 Å². The predicted octanol–water partition coefficient (Wildman–Crippen LogP) is 2.74. The molecular formula is C16H27N3. The van der Waals surface area contributed by atoms with Gasteiger partial charge in [-0.3, -0.25) is 9.88 Å². The van der Waals surface area contributed by atoms with Gasteiger partial charge < -0.3 is 5.32 Å². The summed E-state index contributed by atoms with van der Waals surface area (Å²) in [6.07, 6.45) is 2.61. The zero-order valence-corrected chi connectivity index (χ0v) is 12.7. The van der Waals surface area contributed by atoms with E-state index in [0.29, 0.717) is 6.04 Å². The number of hydrogen-bond donors (Lipinski definition) is 1. The van der Waals surface area contributed by atoms with E-state index in [0.717, 1.165) is 18.8 Å². The fourth-order valence-electron chi connectivity index (χ4n) is 2.65. The molecule has 3 heteroatoms. The highest BCUT2D eigenvalue weighted by Crippen LogP contribution is 2.19. The molecule has 0 bridgehead atoms. The molecule has 0 amide bonds. The smallest absolute Gasteiger partial charge is 0.0547 e. The SMILES string of the molecule is Cc1cccc(CN2CCCC2CNC(C)(C)C)n1. The maximum Gasteiger partial charge on any atom is 0.0547 e. The number of pyridine rings is 1. The van der Waals surface area contributed by atoms with Crippen molar-refractivity contribution in [2.24, 2.45) is 0 Å². The van der Waals surface area contributed by atoms with E-state index in [1.807, 2.05) is 0 Å². The van der Waals surface area contributed by atoms with Gasteiger partial charge in [0.1, 0.15) is 0 Å². The van der Waals surface area contributed by atoms with Gasteiger partial charge >= 0.3 is 0 Å². The number of rotatable bonds is 4. The van der Waals surface area contributed by atoms with Crippen LogP contribution in [-0.2, 0) is 6.54 Å². The normalized spacial score (nSPS) is 20.9. The summed E-state index contributed by atoms with van der Waals surface area (Å²) >= 11 is 0. The Morgan fingerprint density at radius 1 is 1.37 bits per heavy atom. The van der Waals surface area contributed by atoms with Gasteiger partial charge in [0.2, 0.25) is 0 Å². The van der Waals surface area contributed by atoms with Crippen molar-refractivity contribution in [3.63, 3.8) is 0 Å². The second-order valence-electron chi connectivity index (χ2n) is 6.67. The first-order valence-electron chi connectivity index (χ1n) is 7.36. The van der Waals surface area contributed by atoms with Crippen LogP contribution in [0.4, 0.5) is 0 Å². The van der Waals surface area contributed by atoms with Gasteiger partial charge in [0.25, 0.3) is 0 Å². The average molecular weight is 261 g/mol. The Morgan fingerprint density at radius 2 is 2.16 bits per heavy atom. The van der Waals surface area contributed by atoms with Gasteiger partial charge in [-0.05, 0) is 59.2 Å². The molecule has 1 fully saturated rings. The molecule has 1 aliphatic rings. The van der Waals surface area contributed by atoms with E-state index in [2.05, 4.69) is 61.1 Å². The van der Waals surface area contributed by atoms with Gasteiger partial charge in [-0.25, -0.2) is 0 Å². The van der Waals surface area contributed by atoms with Crippen LogP contribution in [-0.4, -0.2) is 34.6 Å². The van der Waals surface area contributed by atoms with Crippen LogP contribution < -0.4 is 5.32 Å². The molecule has 106 valence electrons. The number of nitrogens with one attached hydrogen (secondary N) is 1. The molecule has 0 saturated carbocycles. The molecule has 1 unspecified atom stereocenters. The van der Waals surface area contributed by atoms with Crippen molar-refractivity contribution in [2.45, 2.75) is 58.7 Å². The Morgan fingerprint density at radius 3 is 2.84 bits per heavy atom. The number of likely N-dealkylation sites (tertiary alicyclic amines) is 1. The lowest BCUT2D eigenvalue weighted by atomic mass is 10.1. The highest BCUT2D eigenvalue weighted by Gasteiger charge is 2.25. The summed E-state index contributed by atoms with van der Waals surface area (Å²) in [5.74, 6) is 0. The van der Waals surface area contributed by atoms with Crippen molar-refractivity contribution < 1.29 is 0 Å². The zero-order valence-electron chi connectivity index (χ0n) is 12.7.